The van der Waals surface area contributed by atoms with Gasteiger partial charge in [-0.1, -0.05) is 12.1 Å². The van der Waals surface area contributed by atoms with Crippen LogP contribution < -0.4 is 5.32 Å². The zero-order valence-electron chi connectivity index (χ0n) is 7.93. The number of hydrogen-bond acceptors (Lipinski definition) is 2. The molecule has 0 aliphatic carbocycles. The number of rotatable bonds is 4. The van der Waals surface area contributed by atoms with E-state index in [9.17, 15) is 0 Å². The van der Waals surface area contributed by atoms with Crippen LogP contribution in [-0.2, 0) is 0 Å². The van der Waals surface area contributed by atoms with Gasteiger partial charge < -0.3 is 5.32 Å². The second-order valence-corrected chi connectivity index (χ2v) is 4.63. The van der Waals surface area contributed by atoms with Crippen molar-refractivity contribution in [3.63, 3.8) is 0 Å². The van der Waals surface area contributed by atoms with Crippen molar-refractivity contribution in [2.75, 3.05) is 23.9 Å². The maximum Gasteiger partial charge on any atom is 0.0487 e. The fraction of sp³-hybridized carbons (Fsp3) is 0.400. The predicted molar refractivity (Wildman–Crippen MR) is 65.8 cm³/mol. The van der Waals surface area contributed by atoms with Crippen LogP contribution in [0.1, 0.15) is 5.56 Å². The van der Waals surface area contributed by atoms with E-state index >= 15 is 0 Å². The van der Waals surface area contributed by atoms with Gasteiger partial charge in [0.15, 0.2) is 0 Å². The molecule has 0 bridgehead atoms. The molecule has 0 saturated carbocycles. The summed E-state index contributed by atoms with van der Waals surface area (Å²) in [5.41, 5.74) is 2.46. The molecule has 1 rings (SSSR count). The van der Waals surface area contributed by atoms with Crippen molar-refractivity contribution in [2.45, 2.75) is 6.92 Å². The SMILES string of the molecule is CSCCNc1cccc(C)c1Br. The van der Waals surface area contributed by atoms with Crippen molar-refractivity contribution in [1.82, 2.24) is 0 Å². The highest BCUT2D eigenvalue weighted by Crippen LogP contribution is 2.25. The van der Waals surface area contributed by atoms with Crippen LogP contribution in [0, 0.1) is 6.92 Å². The molecule has 0 aromatic heterocycles. The highest BCUT2D eigenvalue weighted by atomic mass is 79.9. The van der Waals surface area contributed by atoms with Gasteiger partial charge in [0.2, 0.25) is 0 Å². The first-order valence-corrected chi connectivity index (χ1v) is 6.42. The van der Waals surface area contributed by atoms with E-state index in [-0.39, 0.29) is 0 Å². The van der Waals surface area contributed by atoms with Crippen molar-refractivity contribution >= 4 is 33.4 Å². The quantitative estimate of drug-likeness (QED) is 0.831. The zero-order valence-corrected chi connectivity index (χ0v) is 10.3. The molecule has 1 N–H and O–H groups in total. The van der Waals surface area contributed by atoms with Crippen molar-refractivity contribution < 1.29 is 0 Å². The lowest BCUT2D eigenvalue weighted by Gasteiger charge is -2.09. The molecule has 0 aliphatic rings. The Morgan fingerprint density at radius 3 is 2.92 bits per heavy atom. The number of anilines is 1. The average molecular weight is 260 g/mol. The molecule has 0 saturated heterocycles. The van der Waals surface area contributed by atoms with Crippen molar-refractivity contribution in [3.05, 3.63) is 28.2 Å². The van der Waals surface area contributed by atoms with Crippen LogP contribution >= 0.6 is 27.7 Å². The van der Waals surface area contributed by atoms with Gasteiger partial charge in [-0.05, 0) is 40.7 Å². The lowest BCUT2D eigenvalue weighted by molar-refractivity contribution is 1.22. The van der Waals surface area contributed by atoms with Crippen LogP contribution in [0.4, 0.5) is 5.69 Å². The molecular weight excluding hydrogens is 246 g/mol. The Morgan fingerprint density at radius 2 is 2.23 bits per heavy atom. The molecule has 0 spiro atoms. The largest absolute Gasteiger partial charge is 0.383 e. The van der Waals surface area contributed by atoms with Gasteiger partial charge in [-0.2, -0.15) is 11.8 Å². The molecule has 3 heteroatoms. The third-order valence-corrected chi connectivity index (χ3v) is 3.48. The molecule has 0 heterocycles. The Labute approximate surface area is 92.4 Å². The van der Waals surface area contributed by atoms with Gasteiger partial charge >= 0.3 is 0 Å². The number of nitrogens with one attached hydrogen (secondary N) is 1. The van der Waals surface area contributed by atoms with Gasteiger partial charge in [-0.3, -0.25) is 0 Å². The third-order valence-electron chi connectivity index (χ3n) is 1.81. The molecule has 0 unspecified atom stereocenters. The minimum Gasteiger partial charge on any atom is -0.383 e. The topological polar surface area (TPSA) is 12.0 Å². The van der Waals surface area contributed by atoms with Crippen molar-refractivity contribution in [3.8, 4) is 0 Å². The summed E-state index contributed by atoms with van der Waals surface area (Å²) in [6.07, 6.45) is 2.12. The minimum absolute atomic E-state index is 1.02. The van der Waals surface area contributed by atoms with Gasteiger partial charge in [0.05, 0.1) is 0 Å². The van der Waals surface area contributed by atoms with Gasteiger partial charge in [0.1, 0.15) is 0 Å². The summed E-state index contributed by atoms with van der Waals surface area (Å²) in [4.78, 5) is 0. The highest BCUT2D eigenvalue weighted by molar-refractivity contribution is 9.10. The maximum atomic E-state index is 3.56. The second kappa shape index (κ2) is 5.55. The van der Waals surface area contributed by atoms with Crippen LogP contribution in [0.25, 0.3) is 0 Å². The zero-order chi connectivity index (χ0) is 9.68. The van der Waals surface area contributed by atoms with E-state index in [0.717, 1.165) is 12.3 Å². The monoisotopic (exact) mass is 259 g/mol. The van der Waals surface area contributed by atoms with E-state index < -0.39 is 0 Å². The normalized spacial score (nSPS) is 10.1. The molecule has 0 radical (unpaired) electrons. The minimum atomic E-state index is 1.02. The lowest BCUT2D eigenvalue weighted by atomic mass is 10.2. The molecule has 72 valence electrons. The molecular formula is C10H14BrNS. The van der Waals surface area contributed by atoms with E-state index in [2.05, 4.69) is 52.6 Å². The molecule has 0 atom stereocenters. The van der Waals surface area contributed by atoms with E-state index in [1.807, 2.05) is 11.8 Å². The Kier molecular flexibility index (Phi) is 4.67. The van der Waals surface area contributed by atoms with Gasteiger partial charge in [0.25, 0.3) is 0 Å². The predicted octanol–water partition coefficient (Wildman–Crippen LogP) is 3.53. The van der Waals surface area contributed by atoms with Crippen LogP contribution in [0.15, 0.2) is 22.7 Å². The highest BCUT2D eigenvalue weighted by Gasteiger charge is 1.99. The molecule has 0 amide bonds. The molecule has 13 heavy (non-hydrogen) atoms. The Bertz CT molecular complexity index is 276. The van der Waals surface area contributed by atoms with Gasteiger partial charge in [-0.15, -0.1) is 0 Å². The fourth-order valence-electron chi connectivity index (χ4n) is 1.07. The van der Waals surface area contributed by atoms with Crippen LogP contribution in [0.5, 0.6) is 0 Å². The number of aryl methyl sites for hydroxylation is 1. The third kappa shape index (κ3) is 3.24. The maximum absolute atomic E-state index is 3.56. The summed E-state index contributed by atoms with van der Waals surface area (Å²) in [6.45, 7) is 3.12. The first kappa shape index (κ1) is 10.9. The van der Waals surface area contributed by atoms with E-state index in [4.69, 9.17) is 0 Å². The summed E-state index contributed by atoms with van der Waals surface area (Å²) in [5.74, 6) is 1.14. The Balaban J connectivity index is 2.61. The van der Waals surface area contributed by atoms with E-state index in [1.54, 1.807) is 0 Å². The fourth-order valence-corrected chi connectivity index (χ4v) is 1.78. The summed E-state index contributed by atoms with van der Waals surface area (Å²) < 4.78 is 1.18. The first-order chi connectivity index (χ1) is 6.25. The Hall–Kier alpha value is -0.150. The van der Waals surface area contributed by atoms with Crippen LogP contribution in [0.2, 0.25) is 0 Å². The van der Waals surface area contributed by atoms with Crippen molar-refractivity contribution in [2.24, 2.45) is 0 Å². The second-order valence-electron chi connectivity index (χ2n) is 2.86. The summed E-state index contributed by atoms with van der Waals surface area (Å²) in [6, 6.07) is 6.27. The number of thioether (sulfide) groups is 1. The van der Waals surface area contributed by atoms with Crippen LogP contribution in [0.3, 0.4) is 0 Å². The lowest BCUT2D eigenvalue weighted by Crippen LogP contribution is -2.04. The first-order valence-electron chi connectivity index (χ1n) is 4.23. The average Bonchev–Trinajstić information content (AvgIpc) is 2.13. The molecule has 0 aliphatic heterocycles. The van der Waals surface area contributed by atoms with Gasteiger partial charge in [0, 0.05) is 22.5 Å². The molecule has 1 aromatic carbocycles. The molecule has 1 aromatic rings. The van der Waals surface area contributed by atoms with E-state index in [1.165, 1.54) is 15.7 Å². The van der Waals surface area contributed by atoms with Crippen LogP contribution in [-0.4, -0.2) is 18.6 Å². The molecule has 0 fully saturated rings. The standard InChI is InChI=1S/C10H14BrNS/c1-8-4-3-5-9(10(8)11)12-6-7-13-2/h3-5,12H,6-7H2,1-2H3. The summed E-state index contributed by atoms with van der Waals surface area (Å²) in [7, 11) is 0. The summed E-state index contributed by atoms with van der Waals surface area (Å²) in [5, 5.41) is 3.39. The number of halogens is 1. The number of benzene rings is 1. The smallest absolute Gasteiger partial charge is 0.0487 e. The summed E-state index contributed by atoms with van der Waals surface area (Å²) >= 11 is 5.42. The number of hydrogen-bond donors (Lipinski definition) is 1. The molecule has 1 nitrogen and oxygen atoms in total. The van der Waals surface area contributed by atoms with E-state index in [0.29, 0.717) is 0 Å². The Morgan fingerprint density at radius 1 is 1.46 bits per heavy atom. The van der Waals surface area contributed by atoms with Gasteiger partial charge in [-0.25, -0.2) is 0 Å². The van der Waals surface area contributed by atoms with Crippen molar-refractivity contribution in [1.29, 1.82) is 0 Å².